The van der Waals surface area contributed by atoms with E-state index < -0.39 is 0 Å². The molecule has 0 aromatic carbocycles. The van der Waals surface area contributed by atoms with E-state index in [1.54, 1.807) is 0 Å². The molecule has 2 N–H and O–H groups in total. The number of halogens is 1. The van der Waals surface area contributed by atoms with Gasteiger partial charge in [0.1, 0.15) is 5.76 Å². The maximum absolute atomic E-state index is 5.83. The Bertz CT molecular complexity index is 314. The van der Waals surface area contributed by atoms with E-state index in [4.69, 9.17) is 10.2 Å². The van der Waals surface area contributed by atoms with Gasteiger partial charge in [0.15, 0.2) is 4.67 Å². The minimum atomic E-state index is 0.160. The fraction of sp³-hybridized carbons (Fsp3) is 0.667. The number of hydrogen-bond donors (Lipinski definition) is 1. The minimum absolute atomic E-state index is 0.160. The SMILES string of the molecule is CCCC(C)N(C)C(CN)c1ccc(Br)o1. The lowest BCUT2D eigenvalue weighted by molar-refractivity contribution is 0.159. The molecule has 1 heterocycles. The topological polar surface area (TPSA) is 42.4 Å². The molecule has 16 heavy (non-hydrogen) atoms. The van der Waals surface area contributed by atoms with Crippen LogP contribution in [-0.2, 0) is 0 Å². The smallest absolute Gasteiger partial charge is 0.169 e. The Morgan fingerprint density at radius 2 is 2.19 bits per heavy atom. The summed E-state index contributed by atoms with van der Waals surface area (Å²) in [5.41, 5.74) is 5.83. The Morgan fingerprint density at radius 1 is 1.50 bits per heavy atom. The maximum atomic E-state index is 5.83. The second-order valence-electron chi connectivity index (χ2n) is 4.20. The Labute approximate surface area is 106 Å². The summed E-state index contributed by atoms with van der Waals surface area (Å²) in [6.45, 7) is 5.00. The van der Waals surface area contributed by atoms with E-state index in [1.165, 1.54) is 12.8 Å². The van der Waals surface area contributed by atoms with Crippen LogP contribution in [0.25, 0.3) is 0 Å². The molecule has 0 saturated heterocycles. The highest BCUT2D eigenvalue weighted by molar-refractivity contribution is 9.10. The van der Waals surface area contributed by atoms with Gasteiger partial charge in [-0.05, 0) is 48.5 Å². The van der Waals surface area contributed by atoms with Crippen molar-refractivity contribution in [1.82, 2.24) is 4.90 Å². The normalized spacial score (nSPS) is 15.4. The lowest BCUT2D eigenvalue weighted by atomic mass is 10.1. The summed E-state index contributed by atoms with van der Waals surface area (Å²) in [4.78, 5) is 2.29. The third-order valence-corrected chi connectivity index (χ3v) is 3.47. The zero-order valence-corrected chi connectivity index (χ0v) is 11.8. The number of hydrogen-bond acceptors (Lipinski definition) is 3. The number of rotatable bonds is 6. The van der Waals surface area contributed by atoms with Crippen LogP contribution in [0.4, 0.5) is 0 Å². The molecule has 2 unspecified atom stereocenters. The van der Waals surface area contributed by atoms with E-state index in [0.717, 1.165) is 10.4 Å². The van der Waals surface area contributed by atoms with Crippen molar-refractivity contribution < 1.29 is 4.42 Å². The van der Waals surface area contributed by atoms with Crippen LogP contribution in [0.2, 0.25) is 0 Å². The maximum Gasteiger partial charge on any atom is 0.169 e. The van der Waals surface area contributed by atoms with Crippen LogP contribution < -0.4 is 5.73 Å². The van der Waals surface area contributed by atoms with Gasteiger partial charge in [0, 0.05) is 12.6 Å². The highest BCUT2D eigenvalue weighted by Gasteiger charge is 2.22. The lowest BCUT2D eigenvalue weighted by Crippen LogP contribution is -2.36. The first kappa shape index (κ1) is 13.7. The average Bonchev–Trinajstić information content (AvgIpc) is 2.66. The summed E-state index contributed by atoms with van der Waals surface area (Å²) >= 11 is 3.32. The molecule has 1 aromatic rings. The molecule has 0 bridgehead atoms. The van der Waals surface area contributed by atoms with Gasteiger partial charge in [-0.15, -0.1) is 0 Å². The largest absolute Gasteiger partial charge is 0.453 e. The zero-order chi connectivity index (χ0) is 12.1. The first-order chi connectivity index (χ1) is 7.60. The number of nitrogens with zero attached hydrogens (tertiary/aromatic N) is 1. The molecule has 1 aromatic heterocycles. The second kappa shape index (κ2) is 6.42. The Balaban J connectivity index is 2.73. The van der Waals surface area contributed by atoms with Crippen LogP contribution in [0.5, 0.6) is 0 Å². The molecular formula is C12H21BrN2O. The van der Waals surface area contributed by atoms with Crippen molar-refractivity contribution in [3.63, 3.8) is 0 Å². The molecule has 92 valence electrons. The highest BCUT2D eigenvalue weighted by atomic mass is 79.9. The lowest BCUT2D eigenvalue weighted by Gasteiger charge is -2.31. The van der Waals surface area contributed by atoms with Gasteiger partial charge in [0.05, 0.1) is 6.04 Å². The van der Waals surface area contributed by atoms with Crippen LogP contribution in [0.15, 0.2) is 21.2 Å². The van der Waals surface area contributed by atoms with Gasteiger partial charge < -0.3 is 10.2 Å². The summed E-state index contributed by atoms with van der Waals surface area (Å²) in [7, 11) is 2.11. The van der Waals surface area contributed by atoms with Gasteiger partial charge in [0.2, 0.25) is 0 Å². The average molecular weight is 289 g/mol. The molecule has 0 saturated carbocycles. The van der Waals surface area contributed by atoms with Crippen LogP contribution in [-0.4, -0.2) is 24.5 Å². The van der Waals surface area contributed by atoms with Crippen molar-refractivity contribution in [2.75, 3.05) is 13.6 Å². The molecule has 0 aliphatic rings. The predicted molar refractivity (Wildman–Crippen MR) is 70.3 cm³/mol. The fourth-order valence-corrected chi connectivity index (χ4v) is 2.24. The van der Waals surface area contributed by atoms with Crippen molar-refractivity contribution >= 4 is 15.9 Å². The number of furan rings is 1. The summed E-state index contributed by atoms with van der Waals surface area (Å²) in [6.07, 6.45) is 2.36. The van der Waals surface area contributed by atoms with Crippen molar-refractivity contribution in [3.8, 4) is 0 Å². The van der Waals surface area contributed by atoms with E-state index in [9.17, 15) is 0 Å². The molecule has 0 aliphatic carbocycles. The van der Waals surface area contributed by atoms with Gasteiger partial charge in [0.25, 0.3) is 0 Å². The van der Waals surface area contributed by atoms with Gasteiger partial charge in [-0.1, -0.05) is 13.3 Å². The van der Waals surface area contributed by atoms with Crippen molar-refractivity contribution in [3.05, 3.63) is 22.6 Å². The first-order valence-electron chi connectivity index (χ1n) is 5.77. The Morgan fingerprint density at radius 3 is 2.62 bits per heavy atom. The van der Waals surface area contributed by atoms with Crippen LogP contribution in [0, 0.1) is 0 Å². The van der Waals surface area contributed by atoms with E-state index in [1.807, 2.05) is 12.1 Å². The quantitative estimate of drug-likeness (QED) is 0.874. The van der Waals surface area contributed by atoms with Crippen molar-refractivity contribution in [1.29, 1.82) is 0 Å². The molecule has 0 amide bonds. The molecule has 2 atom stereocenters. The standard InChI is InChI=1S/C12H21BrN2O/c1-4-5-9(2)15(3)10(8-14)11-6-7-12(13)16-11/h6-7,9-10H,4-5,8,14H2,1-3H3. The van der Waals surface area contributed by atoms with Crippen LogP contribution >= 0.6 is 15.9 Å². The molecule has 4 heteroatoms. The van der Waals surface area contributed by atoms with Crippen LogP contribution in [0.3, 0.4) is 0 Å². The van der Waals surface area contributed by atoms with Gasteiger partial charge >= 0.3 is 0 Å². The number of likely N-dealkylation sites (N-methyl/N-ethyl adjacent to an activating group) is 1. The Hall–Kier alpha value is -0.320. The minimum Gasteiger partial charge on any atom is -0.453 e. The molecule has 0 radical (unpaired) electrons. The second-order valence-corrected chi connectivity index (χ2v) is 4.98. The highest BCUT2D eigenvalue weighted by Crippen LogP contribution is 2.25. The van der Waals surface area contributed by atoms with Gasteiger partial charge in [-0.25, -0.2) is 0 Å². The van der Waals surface area contributed by atoms with E-state index in [2.05, 4.69) is 41.7 Å². The van der Waals surface area contributed by atoms with Gasteiger partial charge in [-0.2, -0.15) is 0 Å². The third-order valence-electron chi connectivity index (χ3n) is 3.04. The Kier molecular flexibility index (Phi) is 5.52. The van der Waals surface area contributed by atoms with Gasteiger partial charge in [-0.3, -0.25) is 4.90 Å². The van der Waals surface area contributed by atoms with E-state index >= 15 is 0 Å². The predicted octanol–water partition coefficient (Wildman–Crippen LogP) is 3.16. The molecule has 0 aliphatic heterocycles. The first-order valence-corrected chi connectivity index (χ1v) is 6.56. The monoisotopic (exact) mass is 288 g/mol. The molecule has 0 spiro atoms. The molecule has 1 rings (SSSR count). The summed E-state index contributed by atoms with van der Waals surface area (Å²) in [6, 6.07) is 4.57. The zero-order valence-electron chi connectivity index (χ0n) is 10.2. The van der Waals surface area contributed by atoms with E-state index in [0.29, 0.717) is 12.6 Å². The summed E-state index contributed by atoms with van der Waals surface area (Å²) in [5, 5.41) is 0. The third kappa shape index (κ3) is 3.34. The van der Waals surface area contributed by atoms with Crippen LogP contribution in [0.1, 0.15) is 38.5 Å². The molecule has 0 fully saturated rings. The summed E-state index contributed by atoms with van der Waals surface area (Å²) in [5.74, 6) is 0.930. The van der Waals surface area contributed by atoms with E-state index in [-0.39, 0.29) is 6.04 Å². The van der Waals surface area contributed by atoms with Crippen molar-refractivity contribution in [2.24, 2.45) is 5.73 Å². The van der Waals surface area contributed by atoms with Crippen molar-refractivity contribution in [2.45, 2.75) is 38.8 Å². The molecule has 3 nitrogen and oxygen atoms in total. The number of nitrogens with two attached hydrogens (primary N) is 1. The molecular weight excluding hydrogens is 268 g/mol. The summed E-state index contributed by atoms with van der Waals surface area (Å²) < 4.78 is 6.34. The fourth-order valence-electron chi connectivity index (χ4n) is 1.92.